The van der Waals surface area contributed by atoms with Crippen LogP contribution in [0.3, 0.4) is 0 Å². The number of piperazine rings is 1. The molecule has 1 aliphatic rings. The molecule has 8 heteroatoms. The van der Waals surface area contributed by atoms with Gasteiger partial charge in [-0.3, -0.25) is 0 Å². The fourth-order valence-corrected chi connectivity index (χ4v) is 3.08. The van der Waals surface area contributed by atoms with Gasteiger partial charge in [0.15, 0.2) is 11.5 Å². The molecule has 6 nitrogen and oxygen atoms in total. The summed E-state index contributed by atoms with van der Waals surface area (Å²) in [4.78, 5) is 13.4. The van der Waals surface area contributed by atoms with Gasteiger partial charge in [-0.05, 0) is 29.0 Å². The second-order valence-electron chi connectivity index (χ2n) is 5.48. The molecule has 114 valence electrons. The van der Waals surface area contributed by atoms with Gasteiger partial charge in [0.1, 0.15) is 12.1 Å². The Kier molecular flexibility index (Phi) is 3.23. The molecule has 1 aromatic carbocycles. The number of anilines is 1. The minimum Gasteiger partial charge on any atom is -0.351 e. The first-order valence-electron chi connectivity index (χ1n) is 7.05. The van der Waals surface area contributed by atoms with E-state index in [1.807, 2.05) is 0 Å². The Labute approximate surface area is 134 Å². The van der Waals surface area contributed by atoms with Crippen molar-refractivity contribution in [3.8, 4) is 0 Å². The van der Waals surface area contributed by atoms with Gasteiger partial charge in [0.05, 0.1) is 15.5 Å². The van der Waals surface area contributed by atoms with Crippen LogP contribution < -0.4 is 4.90 Å². The van der Waals surface area contributed by atoms with E-state index in [2.05, 4.69) is 47.8 Å². The number of halogens is 2. The molecule has 0 aliphatic carbocycles. The van der Waals surface area contributed by atoms with Crippen LogP contribution in [0.4, 0.5) is 10.2 Å². The Balaban J connectivity index is 1.93. The number of benzene rings is 1. The smallest absolute Gasteiger partial charge is 0.199 e. The molecule has 0 atom stereocenters. The molecule has 3 aromatic rings. The van der Waals surface area contributed by atoms with Crippen LogP contribution in [0.25, 0.3) is 16.7 Å². The summed E-state index contributed by atoms with van der Waals surface area (Å²) in [7, 11) is 2.10. The summed E-state index contributed by atoms with van der Waals surface area (Å²) in [6.07, 6.45) is 1.51. The number of rotatable bonds is 1. The SMILES string of the molecule is CN1CCN(c2nc3cc(F)c(Br)cc3n3ncnc23)CC1. The molecule has 1 fully saturated rings. The van der Waals surface area contributed by atoms with E-state index in [1.165, 1.54) is 12.4 Å². The van der Waals surface area contributed by atoms with E-state index in [9.17, 15) is 4.39 Å². The number of nitrogens with zero attached hydrogens (tertiary/aromatic N) is 6. The summed E-state index contributed by atoms with van der Waals surface area (Å²) >= 11 is 3.21. The van der Waals surface area contributed by atoms with Crippen molar-refractivity contribution >= 4 is 38.4 Å². The summed E-state index contributed by atoms with van der Waals surface area (Å²) in [5.74, 6) is 0.434. The van der Waals surface area contributed by atoms with Crippen LogP contribution in [-0.4, -0.2) is 57.7 Å². The maximum absolute atomic E-state index is 13.8. The second-order valence-corrected chi connectivity index (χ2v) is 6.33. The van der Waals surface area contributed by atoms with Crippen molar-refractivity contribution in [2.45, 2.75) is 0 Å². The van der Waals surface area contributed by atoms with Gasteiger partial charge in [-0.2, -0.15) is 5.10 Å². The van der Waals surface area contributed by atoms with Gasteiger partial charge >= 0.3 is 0 Å². The van der Waals surface area contributed by atoms with Gasteiger partial charge in [-0.25, -0.2) is 18.9 Å². The van der Waals surface area contributed by atoms with Gasteiger partial charge in [-0.15, -0.1) is 0 Å². The number of hydrogen-bond acceptors (Lipinski definition) is 5. The van der Waals surface area contributed by atoms with Crippen LogP contribution in [0.2, 0.25) is 0 Å². The second kappa shape index (κ2) is 5.13. The third kappa shape index (κ3) is 2.14. The van der Waals surface area contributed by atoms with Gasteiger partial charge in [-0.1, -0.05) is 0 Å². The Bertz CT molecular complexity index is 855. The van der Waals surface area contributed by atoms with Gasteiger partial charge in [0, 0.05) is 32.2 Å². The van der Waals surface area contributed by atoms with Gasteiger partial charge in [0.25, 0.3) is 0 Å². The molecular weight excluding hydrogens is 351 g/mol. The fourth-order valence-electron chi connectivity index (χ4n) is 2.75. The van der Waals surface area contributed by atoms with Gasteiger partial charge in [0.2, 0.25) is 0 Å². The monoisotopic (exact) mass is 364 g/mol. The van der Waals surface area contributed by atoms with E-state index < -0.39 is 0 Å². The lowest BCUT2D eigenvalue weighted by Crippen LogP contribution is -2.45. The van der Waals surface area contributed by atoms with Crippen LogP contribution in [0, 0.1) is 5.82 Å². The minimum atomic E-state index is -0.330. The zero-order valence-corrected chi connectivity index (χ0v) is 13.6. The normalized spacial score (nSPS) is 16.8. The van der Waals surface area contributed by atoms with E-state index in [0.717, 1.165) is 37.5 Å². The number of hydrogen-bond donors (Lipinski definition) is 0. The van der Waals surface area contributed by atoms with Crippen molar-refractivity contribution in [1.29, 1.82) is 0 Å². The summed E-state index contributed by atoms with van der Waals surface area (Å²) in [6, 6.07) is 3.12. The molecule has 4 rings (SSSR count). The Hall–Kier alpha value is -1.80. The summed E-state index contributed by atoms with van der Waals surface area (Å²) in [5.41, 5.74) is 2.02. The van der Waals surface area contributed by atoms with Crippen LogP contribution in [0.5, 0.6) is 0 Å². The highest BCUT2D eigenvalue weighted by molar-refractivity contribution is 9.10. The predicted octanol–water partition coefficient (Wildman–Crippen LogP) is 1.93. The highest BCUT2D eigenvalue weighted by Gasteiger charge is 2.21. The van der Waals surface area contributed by atoms with Crippen LogP contribution >= 0.6 is 15.9 Å². The first-order chi connectivity index (χ1) is 10.6. The fraction of sp³-hybridized carbons (Fsp3) is 0.357. The molecule has 0 N–H and O–H groups in total. The molecule has 2 aromatic heterocycles. The Morgan fingerprint density at radius 2 is 1.95 bits per heavy atom. The molecule has 0 spiro atoms. The zero-order chi connectivity index (χ0) is 15.3. The minimum absolute atomic E-state index is 0.330. The van der Waals surface area contributed by atoms with Crippen molar-refractivity contribution in [3.05, 3.63) is 28.7 Å². The number of aromatic nitrogens is 4. The van der Waals surface area contributed by atoms with Gasteiger partial charge < -0.3 is 9.80 Å². The zero-order valence-electron chi connectivity index (χ0n) is 12.0. The topological polar surface area (TPSA) is 49.6 Å². The number of fused-ring (bicyclic) bond motifs is 3. The number of likely N-dealkylation sites (N-methyl/N-ethyl adjacent to an activating group) is 1. The summed E-state index contributed by atoms with van der Waals surface area (Å²) in [5, 5.41) is 4.27. The lowest BCUT2D eigenvalue weighted by Gasteiger charge is -2.33. The quantitative estimate of drug-likeness (QED) is 0.660. The van der Waals surface area contributed by atoms with Crippen LogP contribution in [0.15, 0.2) is 22.9 Å². The molecule has 0 unspecified atom stereocenters. The van der Waals surface area contributed by atoms with E-state index >= 15 is 0 Å². The average molecular weight is 365 g/mol. The maximum Gasteiger partial charge on any atom is 0.199 e. The molecule has 22 heavy (non-hydrogen) atoms. The highest BCUT2D eigenvalue weighted by Crippen LogP contribution is 2.27. The molecule has 1 aliphatic heterocycles. The van der Waals surface area contributed by atoms with Crippen molar-refractivity contribution in [2.75, 3.05) is 38.1 Å². The lowest BCUT2D eigenvalue weighted by atomic mass is 10.2. The van der Waals surface area contributed by atoms with E-state index in [-0.39, 0.29) is 5.82 Å². The van der Waals surface area contributed by atoms with E-state index in [0.29, 0.717) is 15.6 Å². The standard InChI is InChI=1S/C14H14BrFN6/c1-20-2-4-21(5-3-20)14-13-17-8-18-22(13)12-6-9(15)10(16)7-11(12)19-14/h6-8H,2-5H2,1H3. The summed E-state index contributed by atoms with van der Waals surface area (Å²) < 4.78 is 16.0. The molecule has 0 amide bonds. The highest BCUT2D eigenvalue weighted by atomic mass is 79.9. The maximum atomic E-state index is 13.8. The predicted molar refractivity (Wildman–Crippen MR) is 85.7 cm³/mol. The van der Waals surface area contributed by atoms with Crippen molar-refractivity contribution < 1.29 is 4.39 Å². The third-order valence-corrected chi connectivity index (χ3v) is 4.63. The van der Waals surface area contributed by atoms with Crippen molar-refractivity contribution in [2.24, 2.45) is 0 Å². The Morgan fingerprint density at radius 1 is 1.18 bits per heavy atom. The van der Waals surface area contributed by atoms with E-state index in [1.54, 1.807) is 10.6 Å². The van der Waals surface area contributed by atoms with Crippen LogP contribution in [-0.2, 0) is 0 Å². The third-order valence-electron chi connectivity index (χ3n) is 4.02. The average Bonchev–Trinajstić information content (AvgIpc) is 2.99. The first-order valence-corrected chi connectivity index (χ1v) is 7.85. The molecule has 0 radical (unpaired) electrons. The van der Waals surface area contributed by atoms with E-state index in [4.69, 9.17) is 0 Å². The first kappa shape index (κ1) is 13.8. The molecule has 1 saturated heterocycles. The van der Waals surface area contributed by atoms with Crippen molar-refractivity contribution in [3.63, 3.8) is 0 Å². The lowest BCUT2D eigenvalue weighted by molar-refractivity contribution is 0.312. The molecular formula is C14H14BrFN6. The summed E-state index contributed by atoms with van der Waals surface area (Å²) in [6.45, 7) is 3.68. The molecule has 3 heterocycles. The molecule has 0 saturated carbocycles. The Morgan fingerprint density at radius 3 is 2.73 bits per heavy atom. The largest absolute Gasteiger partial charge is 0.351 e. The van der Waals surface area contributed by atoms with Crippen molar-refractivity contribution in [1.82, 2.24) is 24.5 Å². The van der Waals surface area contributed by atoms with Crippen LogP contribution in [0.1, 0.15) is 0 Å². The molecule has 0 bridgehead atoms.